The molecule has 0 aliphatic heterocycles. The van der Waals surface area contributed by atoms with Gasteiger partial charge in [0, 0.05) is 19.2 Å². The summed E-state index contributed by atoms with van der Waals surface area (Å²) in [5.74, 6) is -0.559. The molecule has 0 atom stereocenters. The third kappa shape index (κ3) is 14.0. The Morgan fingerprint density at radius 3 is 2.10 bits per heavy atom. The van der Waals surface area contributed by atoms with Crippen molar-refractivity contribution in [2.45, 2.75) is 25.7 Å². The minimum atomic E-state index is -1.02. The van der Waals surface area contributed by atoms with Crippen LogP contribution in [0.2, 0.25) is 0 Å². The molecule has 21 heavy (non-hydrogen) atoms. The molecule has 0 aliphatic carbocycles. The molecule has 0 spiro atoms. The van der Waals surface area contributed by atoms with Crippen molar-refractivity contribution in [2.24, 2.45) is 0 Å². The zero-order chi connectivity index (χ0) is 15.9. The van der Waals surface area contributed by atoms with Gasteiger partial charge in [0.05, 0.1) is 0 Å². The van der Waals surface area contributed by atoms with E-state index in [4.69, 9.17) is 9.84 Å². The van der Waals surface area contributed by atoms with Gasteiger partial charge < -0.3 is 25.2 Å². The van der Waals surface area contributed by atoms with E-state index in [1.165, 1.54) is 0 Å². The molecule has 8 heteroatoms. The number of nitrogens with one attached hydrogen (secondary N) is 2. The molecule has 0 saturated heterocycles. The molecule has 0 heterocycles. The van der Waals surface area contributed by atoms with Gasteiger partial charge in [0.25, 0.3) is 0 Å². The van der Waals surface area contributed by atoms with Crippen molar-refractivity contribution in [3.8, 4) is 0 Å². The maximum absolute atomic E-state index is 11.2. The molecule has 0 fully saturated rings. The van der Waals surface area contributed by atoms with Crippen molar-refractivity contribution >= 4 is 18.2 Å². The summed E-state index contributed by atoms with van der Waals surface area (Å²) in [6, 6.07) is 0. The summed E-state index contributed by atoms with van der Waals surface area (Å²) in [5.41, 5.74) is 0. The molecule has 0 rings (SSSR count). The first kappa shape index (κ1) is 18.8. The van der Waals surface area contributed by atoms with E-state index in [9.17, 15) is 14.4 Å². The second kappa shape index (κ2) is 12.8. The average molecular weight is 302 g/mol. The van der Waals surface area contributed by atoms with Gasteiger partial charge in [-0.3, -0.25) is 0 Å². The van der Waals surface area contributed by atoms with Gasteiger partial charge in [0.15, 0.2) is 0 Å². The molecule has 0 aromatic carbocycles. The van der Waals surface area contributed by atoms with Crippen LogP contribution < -0.4 is 10.6 Å². The highest BCUT2D eigenvalue weighted by Gasteiger charge is 2.02. The van der Waals surface area contributed by atoms with Gasteiger partial charge in [-0.15, -0.1) is 0 Å². The van der Waals surface area contributed by atoms with Gasteiger partial charge in [-0.25, -0.2) is 14.4 Å². The summed E-state index contributed by atoms with van der Waals surface area (Å²) < 4.78 is 9.40. The molecule has 0 saturated carbocycles. The van der Waals surface area contributed by atoms with E-state index >= 15 is 0 Å². The Morgan fingerprint density at radius 2 is 1.52 bits per heavy atom. The predicted molar refractivity (Wildman–Crippen MR) is 75.0 cm³/mol. The molecule has 3 N–H and O–H groups in total. The van der Waals surface area contributed by atoms with Crippen molar-refractivity contribution < 1.29 is 29.0 Å². The standard InChI is InChI=1S/C13H22N2O6/c1-2-11(16)20-9-10-21-13(19)15-8-6-4-3-5-7-14-12(17)18/h2,14H,1,3-10H2,(H,15,19)(H,17,18). The van der Waals surface area contributed by atoms with E-state index in [0.29, 0.717) is 13.1 Å². The third-order valence-electron chi connectivity index (χ3n) is 2.38. The van der Waals surface area contributed by atoms with Gasteiger partial charge in [-0.05, 0) is 12.8 Å². The van der Waals surface area contributed by atoms with Crippen LogP contribution >= 0.6 is 0 Å². The fourth-order valence-electron chi connectivity index (χ4n) is 1.38. The molecule has 8 nitrogen and oxygen atoms in total. The minimum Gasteiger partial charge on any atom is -0.465 e. The predicted octanol–water partition coefficient (Wildman–Crippen LogP) is 1.27. The molecule has 120 valence electrons. The molecule has 0 bridgehead atoms. The van der Waals surface area contributed by atoms with Crippen molar-refractivity contribution in [3.63, 3.8) is 0 Å². The maximum Gasteiger partial charge on any atom is 0.407 e. The van der Waals surface area contributed by atoms with Crippen molar-refractivity contribution in [2.75, 3.05) is 26.3 Å². The normalized spacial score (nSPS) is 9.52. The summed E-state index contributed by atoms with van der Waals surface area (Å²) in [5, 5.41) is 13.2. The van der Waals surface area contributed by atoms with Crippen molar-refractivity contribution in [1.29, 1.82) is 0 Å². The number of hydrogen-bond acceptors (Lipinski definition) is 5. The molecule has 0 aliphatic rings. The third-order valence-corrected chi connectivity index (χ3v) is 2.38. The van der Waals surface area contributed by atoms with Gasteiger partial charge in [-0.1, -0.05) is 19.4 Å². The number of carboxylic acid groups (broad SMARTS) is 1. The Labute approximate surface area is 123 Å². The van der Waals surface area contributed by atoms with Crippen LogP contribution in [0.1, 0.15) is 25.7 Å². The Morgan fingerprint density at radius 1 is 0.952 bits per heavy atom. The number of unbranched alkanes of at least 4 members (excludes halogenated alkanes) is 3. The second-order valence-corrected chi connectivity index (χ2v) is 4.08. The van der Waals surface area contributed by atoms with Crippen LogP contribution in [0.25, 0.3) is 0 Å². The van der Waals surface area contributed by atoms with Crippen LogP contribution in [0.15, 0.2) is 12.7 Å². The van der Waals surface area contributed by atoms with E-state index in [1.807, 2.05) is 0 Å². The first-order valence-electron chi connectivity index (χ1n) is 6.73. The van der Waals surface area contributed by atoms with Gasteiger partial charge in [0.1, 0.15) is 13.2 Å². The average Bonchev–Trinajstić information content (AvgIpc) is 2.45. The molecular weight excluding hydrogens is 280 g/mol. The lowest BCUT2D eigenvalue weighted by molar-refractivity contribution is -0.138. The smallest absolute Gasteiger partial charge is 0.407 e. The maximum atomic E-state index is 11.2. The van der Waals surface area contributed by atoms with Crippen LogP contribution in [-0.4, -0.2) is 49.6 Å². The lowest BCUT2D eigenvalue weighted by Crippen LogP contribution is -2.26. The topological polar surface area (TPSA) is 114 Å². The number of amides is 2. The summed E-state index contributed by atoms with van der Waals surface area (Å²) in [6.45, 7) is 4.14. The summed E-state index contributed by atoms with van der Waals surface area (Å²) >= 11 is 0. The van der Waals surface area contributed by atoms with Gasteiger partial charge in [0.2, 0.25) is 0 Å². The largest absolute Gasteiger partial charge is 0.465 e. The van der Waals surface area contributed by atoms with Gasteiger partial charge in [-0.2, -0.15) is 0 Å². The second-order valence-electron chi connectivity index (χ2n) is 4.08. The molecule has 2 amide bonds. The molecule has 0 unspecified atom stereocenters. The SMILES string of the molecule is C=CC(=O)OCCOC(=O)NCCCCCCNC(=O)O. The Kier molecular flexibility index (Phi) is 11.4. The Hall–Kier alpha value is -2.25. The van der Waals surface area contributed by atoms with E-state index in [2.05, 4.69) is 21.9 Å². The van der Waals surface area contributed by atoms with E-state index in [-0.39, 0.29) is 13.2 Å². The van der Waals surface area contributed by atoms with Crippen LogP contribution in [0.3, 0.4) is 0 Å². The van der Waals surface area contributed by atoms with Crippen LogP contribution in [-0.2, 0) is 14.3 Å². The van der Waals surface area contributed by atoms with Crippen molar-refractivity contribution in [1.82, 2.24) is 10.6 Å². The Bertz CT molecular complexity index is 346. The quantitative estimate of drug-likeness (QED) is 0.301. The first-order valence-corrected chi connectivity index (χ1v) is 6.73. The highest BCUT2D eigenvalue weighted by atomic mass is 16.6. The molecule has 0 aromatic heterocycles. The summed E-state index contributed by atoms with van der Waals surface area (Å²) in [4.78, 5) is 32.0. The summed E-state index contributed by atoms with van der Waals surface area (Å²) in [6.07, 6.45) is 2.79. The first-order chi connectivity index (χ1) is 10.1. The monoisotopic (exact) mass is 302 g/mol. The van der Waals surface area contributed by atoms with Crippen LogP contribution in [0.4, 0.5) is 9.59 Å². The van der Waals surface area contributed by atoms with E-state index < -0.39 is 18.2 Å². The number of carbonyl (C=O) groups is 3. The molecule has 0 radical (unpaired) electrons. The lowest BCUT2D eigenvalue weighted by atomic mass is 10.2. The molecular formula is C13H22N2O6. The van der Waals surface area contributed by atoms with E-state index in [1.54, 1.807) is 0 Å². The van der Waals surface area contributed by atoms with Crippen LogP contribution in [0, 0.1) is 0 Å². The number of ether oxygens (including phenoxy) is 2. The zero-order valence-corrected chi connectivity index (χ0v) is 11.9. The number of alkyl carbamates (subject to hydrolysis) is 1. The number of hydrogen-bond donors (Lipinski definition) is 3. The number of esters is 1. The van der Waals surface area contributed by atoms with Gasteiger partial charge >= 0.3 is 18.2 Å². The minimum absolute atomic E-state index is 0.00511. The lowest BCUT2D eigenvalue weighted by Gasteiger charge is -2.07. The highest BCUT2D eigenvalue weighted by molar-refractivity contribution is 5.81. The zero-order valence-electron chi connectivity index (χ0n) is 11.9. The Balaban J connectivity index is 3.28. The number of rotatable bonds is 11. The number of carbonyl (C=O) groups excluding carboxylic acids is 2. The summed E-state index contributed by atoms with van der Waals surface area (Å²) in [7, 11) is 0. The fourth-order valence-corrected chi connectivity index (χ4v) is 1.38. The fraction of sp³-hybridized carbons (Fsp3) is 0.615. The highest BCUT2D eigenvalue weighted by Crippen LogP contribution is 1.97. The molecule has 0 aromatic rings. The van der Waals surface area contributed by atoms with E-state index in [0.717, 1.165) is 31.8 Å². The van der Waals surface area contributed by atoms with Crippen LogP contribution in [0.5, 0.6) is 0 Å². The van der Waals surface area contributed by atoms with Crippen molar-refractivity contribution in [3.05, 3.63) is 12.7 Å².